The highest BCUT2D eigenvalue weighted by Crippen LogP contribution is 2.34. The maximum atomic E-state index is 12.8. The number of aromatic nitrogens is 1. The highest BCUT2D eigenvalue weighted by atomic mass is 79.9. The summed E-state index contributed by atoms with van der Waals surface area (Å²) in [5.41, 5.74) is 2.49. The molecule has 1 aromatic heterocycles. The van der Waals surface area contributed by atoms with Crippen molar-refractivity contribution in [1.29, 1.82) is 0 Å². The van der Waals surface area contributed by atoms with Crippen molar-refractivity contribution in [3.05, 3.63) is 81.8 Å². The molecule has 1 heterocycles. The monoisotopic (exact) mass is 535 g/mol. The van der Waals surface area contributed by atoms with Crippen molar-refractivity contribution in [2.24, 2.45) is 0 Å². The third kappa shape index (κ3) is 5.72. The second kappa shape index (κ2) is 9.52. The molecule has 0 aliphatic carbocycles. The van der Waals surface area contributed by atoms with E-state index < -0.39 is 17.7 Å². The molecule has 4 aromatic rings. The Kier molecular flexibility index (Phi) is 6.71. The largest absolute Gasteiger partial charge is 0.489 e. The minimum Gasteiger partial charge on any atom is -0.489 e. The lowest BCUT2D eigenvalue weighted by atomic mass is 10.1. The van der Waals surface area contributed by atoms with Gasteiger partial charge in [-0.1, -0.05) is 40.2 Å². The number of thiazole rings is 1. The van der Waals surface area contributed by atoms with Gasteiger partial charge in [0.25, 0.3) is 0 Å². The summed E-state index contributed by atoms with van der Waals surface area (Å²) in [5.74, 6) is -0.203. The Morgan fingerprint density at radius 3 is 2.48 bits per heavy atom. The zero-order chi connectivity index (χ0) is 23.6. The van der Waals surface area contributed by atoms with E-state index in [1.54, 1.807) is 12.1 Å². The number of benzene rings is 3. The average Bonchev–Trinajstić information content (AvgIpc) is 3.20. The van der Waals surface area contributed by atoms with Crippen LogP contribution >= 0.6 is 27.3 Å². The summed E-state index contributed by atoms with van der Waals surface area (Å²) in [6, 6.07) is 16.2. The van der Waals surface area contributed by atoms with Crippen LogP contribution in [0.3, 0.4) is 0 Å². The van der Waals surface area contributed by atoms with Crippen molar-refractivity contribution in [3.8, 4) is 16.3 Å². The van der Waals surface area contributed by atoms with Crippen LogP contribution in [0.1, 0.15) is 23.1 Å². The van der Waals surface area contributed by atoms with Crippen molar-refractivity contribution in [2.75, 3.05) is 0 Å². The molecule has 0 aliphatic rings. The van der Waals surface area contributed by atoms with Crippen molar-refractivity contribution in [3.63, 3.8) is 0 Å². The SMILES string of the molecule is O=C(O)CCc1ccc(OCc2ccc3sc(-c4ccc(C(F)(F)F)cc4)nc3c2)cc1Br. The molecule has 0 aliphatic heterocycles. The highest BCUT2D eigenvalue weighted by Gasteiger charge is 2.30. The van der Waals surface area contributed by atoms with E-state index in [2.05, 4.69) is 20.9 Å². The van der Waals surface area contributed by atoms with Crippen LogP contribution in [-0.2, 0) is 24.0 Å². The second-order valence-corrected chi connectivity index (χ2v) is 9.22. The van der Waals surface area contributed by atoms with Gasteiger partial charge in [0.2, 0.25) is 0 Å². The zero-order valence-electron chi connectivity index (χ0n) is 17.0. The molecule has 3 aromatic carbocycles. The molecule has 0 amide bonds. The number of carboxylic acid groups (broad SMARTS) is 1. The molecule has 0 saturated carbocycles. The molecule has 0 radical (unpaired) electrons. The molecule has 0 atom stereocenters. The number of rotatable bonds is 7. The van der Waals surface area contributed by atoms with Crippen LogP contribution in [0.5, 0.6) is 5.75 Å². The zero-order valence-corrected chi connectivity index (χ0v) is 19.4. The Morgan fingerprint density at radius 1 is 1.06 bits per heavy atom. The minimum absolute atomic E-state index is 0.0565. The normalized spacial score (nSPS) is 11.6. The average molecular weight is 536 g/mol. The molecule has 170 valence electrons. The summed E-state index contributed by atoms with van der Waals surface area (Å²) in [5, 5.41) is 9.48. The van der Waals surface area contributed by atoms with Gasteiger partial charge in [-0.3, -0.25) is 4.79 Å². The van der Waals surface area contributed by atoms with Gasteiger partial charge in [-0.15, -0.1) is 11.3 Å². The van der Waals surface area contributed by atoms with Gasteiger partial charge in [0.15, 0.2) is 0 Å². The molecule has 0 fully saturated rings. The fourth-order valence-corrected chi connectivity index (χ4v) is 4.72. The third-order valence-electron chi connectivity index (χ3n) is 4.95. The number of hydrogen-bond donors (Lipinski definition) is 1. The number of hydrogen-bond acceptors (Lipinski definition) is 4. The Morgan fingerprint density at radius 2 is 1.82 bits per heavy atom. The first-order valence-corrected chi connectivity index (χ1v) is 11.5. The summed E-state index contributed by atoms with van der Waals surface area (Å²) < 4.78 is 45.9. The number of fused-ring (bicyclic) bond motifs is 1. The molecule has 1 N–H and O–H groups in total. The van der Waals surface area contributed by atoms with E-state index in [1.165, 1.54) is 23.5 Å². The first kappa shape index (κ1) is 23.3. The van der Waals surface area contributed by atoms with Crippen LogP contribution in [0.25, 0.3) is 20.8 Å². The molecular weight excluding hydrogens is 519 g/mol. The maximum Gasteiger partial charge on any atom is 0.416 e. The van der Waals surface area contributed by atoms with Crippen LogP contribution in [0.2, 0.25) is 0 Å². The van der Waals surface area contributed by atoms with Gasteiger partial charge in [-0.2, -0.15) is 13.2 Å². The molecule has 9 heteroatoms. The van der Waals surface area contributed by atoms with E-state index in [1.807, 2.05) is 24.3 Å². The maximum absolute atomic E-state index is 12.8. The lowest BCUT2D eigenvalue weighted by Crippen LogP contribution is -2.03. The minimum atomic E-state index is -4.37. The van der Waals surface area contributed by atoms with Crippen LogP contribution in [0, 0.1) is 0 Å². The molecule has 0 bridgehead atoms. The smallest absolute Gasteiger partial charge is 0.416 e. The molecule has 4 rings (SSSR count). The number of carboxylic acids is 1. The quantitative estimate of drug-likeness (QED) is 0.269. The lowest BCUT2D eigenvalue weighted by Gasteiger charge is -2.09. The first-order valence-electron chi connectivity index (χ1n) is 9.89. The number of nitrogens with zero attached hydrogens (tertiary/aromatic N) is 1. The predicted molar refractivity (Wildman–Crippen MR) is 124 cm³/mol. The highest BCUT2D eigenvalue weighted by molar-refractivity contribution is 9.10. The van der Waals surface area contributed by atoms with Crippen molar-refractivity contribution < 1.29 is 27.8 Å². The Bertz CT molecular complexity index is 1300. The van der Waals surface area contributed by atoms with Crippen molar-refractivity contribution in [2.45, 2.75) is 25.6 Å². The summed E-state index contributed by atoms with van der Waals surface area (Å²) in [4.78, 5) is 15.3. The fourth-order valence-electron chi connectivity index (χ4n) is 3.22. The van der Waals surface area contributed by atoms with Crippen molar-refractivity contribution in [1.82, 2.24) is 4.98 Å². The van der Waals surface area contributed by atoms with E-state index in [9.17, 15) is 18.0 Å². The fraction of sp³-hybridized carbons (Fsp3) is 0.167. The van der Waals surface area contributed by atoms with Gasteiger partial charge < -0.3 is 9.84 Å². The Labute approximate surface area is 199 Å². The summed E-state index contributed by atoms with van der Waals surface area (Å²) in [6.07, 6.45) is -3.88. The molecule has 0 unspecified atom stereocenters. The van der Waals surface area contributed by atoms with Gasteiger partial charge >= 0.3 is 12.1 Å². The molecule has 0 saturated heterocycles. The summed E-state index contributed by atoms with van der Waals surface area (Å²) in [7, 11) is 0. The first-order chi connectivity index (χ1) is 15.7. The second-order valence-electron chi connectivity index (χ2n) is 7.33. The summed E-state index contributed by atoms with van der Waals surface area (Å²) in [6.45, 7) is 0.310. The number of carbonyl (C=O) groups is 1. The van der Waals surface area contributed by atoms with E-state index in [4.69, 9.17) is 9.84 Å². The summed E-state index contributed by atoms with van der Waals surface area (Å²) >= 11 is 4.87. The molecule has 33 heavy (non-hydrogen) atoms. The van der Waals surface area contributed by atoms with Gasteiger partial charge in [-0.25, -0.2) is 4.98 Å². The molecular formula is C24H17BrF3NO3S. The standard InChI is InChI=1S/C24H17BrF3NO3S/c25-19-12-18(8-4-15(19)5-10-22(30)31)32-13-14-1-9-21-20(11-14)29-23(33-21)16-2-6-17(7-3-16)24(26,27)28/h1-4,6-9,11-12H,5,10,13H2,(H,30,31). The van der Waals surface area contributed by atoms with E-state index in [0.717, 1.165) is 37.9 Å². The molecule has 0 spiro atoms. The number of alkyl halides is 3. The van der Waals surface area contributed by atoms with Crippen LogP contribution in [0.15, 0.2) is 65.1 Å². The van der Waals surface area contributed by atoms with Crippen LogP contribution < -0.4 is 4.74 Å². The number of aryl methyl sites for hydroxylation is 1. The van der Waals surface area contributed by atoms with Crippen molar-refractivity contribution >= 4 is 43.5 Å². The Balaban J connectivity index is 1.45. The number of halogens is 4. The van der Waals surface area contributed by atoms with Crippen LogP contribution in [-0.4, -0.2) is 16.1 Å². The number of aliphatic carboxylic acids is 1. The number of ether oxygens (including phenoxy) is 1. The lowest BCUT2D eigenvalue weighted by molar-refractivity contribution is -0.138. The van der Waals surface area contributed by atoms with Gasteiger partial charge in [0.1, 0.15) is 17.4 Å². The predicted octanol–water partition coefficient (Wildman–Crippen LogP) is 7.34. The van der Waals surface area contributed by atoms with Gasteiger partial charge in [-0.05, 0) is 53.9 Å². The van der Waals surface area contributed by atoms with Gasteiger partial charge in [0.05, 0.1) is 15.8 Å². The van der Waals surface area contributed by atoms with E-state index in [0.29, 0.717) is 29.3 Å². The van der Waals surface area contributed by atoms with E-state index >= 15 is 0 Å². The van der Waals surface area contributed by atoms with Crippen LogP contribution in [0.4, 0.5) is 13.2 Å². The Hall–Kier alpha value is -2.91. The molecule has 4 nitrogen and oxygen atoms in total. The third-order valence-corrected chi connectivity index (χ3v) is 6.77. The topological polar surface area (TPSA) is 59.4 Å². The van der Waals surface area contributed by atoms with Gasteiger partial charge in [0, 0.05) is 16.5 Å². The van der Waals surface area contributed by atoms with E-state index in [-0.39, 0.29) is 6.42 Å².